The van der Waals surface area contributed by atoms with Gasteiger partial charge in [-0.15, -0.1) is 0 Å². The molecule has 0 heterocycles. The lowest BCUT2D eigenvalue weighted by Crippen LogP contribution is -2.04. The zero-order valence-electron chi connectivity index (χ0n) is 8.42. The van der Waals surface area contributed by atoms with Gasteiger partial charge in [0.15, 0.2) is 0 Å². The number of rotatable bonds is 5. The number of aryl methyl sites for hydroxylation is 1. The van der Waals surface area contributed by atoms with Crippen molar-refractivity contribution in [2.24, 2.45) is 5.73 Å². The van der Waals surface area contributed by atoms with Crippen LogP contribution in [0.15, 0.2) is 18.2 Å². The van der Waals surface area contributed by atoms with Gasteiger partial charge in [-0.05, 0) is 13.0 Å². The summed E-state index contributed by atoms with van der Waals surface area (Å²) in [6.45, 7) is 2.52. The third kappa shape index (κ3) is 3.00. The molecule has 0 bridgehead atoms. The molecule has 2 nitrogen and oxygen atoms in total. The lowest BCUT2D eigenvalue weighted by Gasteiger charge is -2.10. The zero-order valence-corrected chi connectivity index (χ0v) is 8.42. The summed E-state index contributed by atoms with van der Waals surface area (Å²) >= 11 is 0. The second-order valence-electron chi connectivity index (χ2n) is 3.21. The molecule has 0 fully saturated rings. The van der Waals surface area contributed by atoms with Gasteiger partial charge < -0.3 is 10.5 Å². The van der Waals surface area contributed by atoms with E-state index in [0.717, 1.165) is 16.9 Å². The van der Waals surface area contributed by atoms with Crippen molar-refractivity contribution in [3.05, 3.63) is 29.3 Å². The molecule has 0 aliphatic carbocycles. The maximum Gasteiger partial charge on any atom is 0.123 e. The average Bonchev–Trinajstić information content (AvgIpc) is 2.20. The van der Waals surface area contributed by atoms with E-state index < -0.39 is 0 Å². The normalized spacial score (nSPS) is 10.2. The molecular weight excluding hydrogens is 181 g/mol. The summed E-state index contributed by atoms with van der Waals surface area (Å²) in [6.07, 6.45) is 0.428. The fraction of sp³-hybridized carbons (Fsp3) is 0.455. The van der Waals surface area contributed by atoms with E-state index in [1.54, 1.807) is 0 Å². The minimum Gasteiger partial charge on any atom is -0.493 e. The van der Waals surface area contributed by atoms with Gasteiger partial charge >= 0.3 is 0 Å². The van der Waals surface area contributed by atoms with E-state index in [0.29, 0.717) is 19.6 Å². The molecule has 1 aromatic carbocycles. The fourth-order valence-corrected chi connectivity index (χ4v) is 1.25. The fourth-order valence-electron chi connectivity index (χ4n) is 1.25. The number of hydrogen-bond acceptors (Lipinski definition) is 2. The number of halogens is 1. The van der Waals surface area contributed by atoms with Crippen molar-refractivity contribution in [1.82, 2.24) is 0 Å². The van der Waals surface area contributed by atoms with Crippen molar-refractivity contribution in [1.29, 1.82) is 0 Å². The van der Waals surface area contributed by atoms with Crippen LogP contribution < -0.4 is 10.5 Å². The Kier molecular flexibility index (Phi) is 4.40. The van der Waals surface area contributed by atoms with Gasteiger partial charge in [0.1, 0.15) is 5.75 Å². The molecule has 0 aliphatic rings. The Morgan fingerprint density at radius 2 is 2.21 bits per heavy atom. The number of nitrogens with two attached hydrogens (primary N) is 1. The van der Waals surface area contributed by atoms with Gasteiger partial charge in [0, 0.05) is 18.5 Å². The third-order valence-electron chi connectivity index (χ3n) is 1.97. The lowest BCUT2D eigenvalue weighted by molar-refractivity contribution is 0.287. The number of benzene rings is 1. The number of ether oxygens (including phenoxy) is 1. The largest absolute Gasteiger partial charge is 0.493 e. The van der Waals surface area contributed by atoms with Crippen molar-refractivity contribution in [3.63, 3.8) is 0 Å². The summed E-state index contributed by atoms with van der Waals surface area (Å²) < 4.78 is 17.2. The maximum atomic E-state index is 11.8. The van der Waals surface area contributed by atoms with Gasteiger partial charge in [-0.25, -0.2) is 0 Å². The van der Waals surface area contributed by atoms with Crippen molar-refractivity contribution >= 4 is 0 Å². The quantitative estimate of drug-likeness (QED) is 0.734. The van der Waals surface area contributed by atoms with Gasteiger partial charge in [-0.1, -0.05) is 17.7 Å². The molecule has 0 spiro atoms. The highest BCUT2D eigenvalue weighted by atomic mass is 19.1. The molecule has 1 rings (SSSR count). The molecule has 14 heavy (non-hydrogen) atoms. The Bertz CT molecular complexity index is 289. The summed E-state index contributed by atoms with van der Waals surface area (Å²) in [4.78, 5) is 0. The van der Waals surface area contributed by atoms with Gasteiger partial charge in [0.05, 0.1) is 13.3 Å². The first-order valence-electron chi connectivity index (χ1n) is 4.76. The number of hydrogen-bond donors (Lipinski definition) is 1. The molecule has 1 aromatic rings. The van der Waals surface area contributed by atoms with Gasteiger partial charge in [0.2, 0.25) is 0 Å². The predicted molar refractivity (Wildman–Crippen MR) is 55.2 cm³/mol. The van der Waals surface area contributed by atoms with Crippen LogP contribution in [0.1, 0.15) is 17.5 Å². The van der Waals surface area contributed by atoms with E-state index in [2.05, 4.69) is 0 Å². The van der Waals surface area contributed by atoms with Gasteiger partial charge in [-0.3, -0.25) is 4.39 Å². The first kappa shape index (κ1) is 11.0. The van der Waals surface area contributed by atoms with Gasteiger partial charge in [-0.2, -0.15) is 0 Å². The number of alkyl halides is 1. The Balaban J connectivity index is 2.65. The second kappa shape index (κ2) is 5.60. The topological polar surface area (TPSA) is 35.2 Å². The molecular formula is C11H16FNO. The van der Waals surface area contributed by atoms with Crippen molar-refractivity contribution in [3.8, 4) is 5.75 Å². The van der Waals surface area contributed by atoms with E-state index in [-0.39, 0.29) is 6.67 Å². The van der Waals surface area contributed by atoms with Crippen LogP contribution in [0.2, 0.25) is 0 Å². The summed E-state index contributed by atoms with van der Waals surface area (Å²) in [5.41, 5.74) is 7.70. The molecule has 0 saturated carbocycles. The molecule has 0 atom stereocenters. The SMILES string of the molecule is Cc1ccc(OCCCF)c(CN)c1. The van der Waals surface area contributed by atoms with Crippen molar-refractivity contribution in [2.75, 3.05) is 13.3 Å². The molecule has 0 saturated heterocycles. The molecule has 2 N–H and O–H groups in total. The minimum atomic E-state index is -0.343. The van der Waals surface area contributed by atoms with Crippen LogP contribution in [0.3, 0.4) is 0 Å². The Labute approximate surface area is 83.9 Å². The highest BCUT2D eigenvalue weighted by Crippen LogP contribution is 2.19. The predicted octanol–water partition coefficient (Wildman–Crippen LogP) is 2.19. The van der Waals surface area contributed by atoms with Crippen molar-refractivity contribution < 1.29 is 9.13 Å². The molecule has 3 heteroatoms. The smallest absolute Gasteiger partial charge is 0.123 e. The standard InChI is InChI=1S/C11H16FNO/c1-9-3-4-11(10(7-9)8-13)14-6-2-5-12/h3-4,7H,2,5-6,8,13H2,1H3. The van der Waals surface area contributed by atoms with Crippen LogP contribution >= 0.6 is 0 Å². The van der Waals surface area contributed by atoms with Crippen LogP contribution in [0, 0.1) is 6.92 Å². The van der Waals surface area contributed by atoms with Crippen LogP contribution in [0.5, 0.6) is 5.75 Å². The van der Waals surface area contributed by atoms with E-state index in [1.807, 2.05) is 25.1 Å². The minimum absolute atomic E-state index is 0.343. The summed E-state index contributed by atoms with van der Waals surface area (Å²) in [5, 5.41) is 0. The molecule has 78 valence electrons. The Morgan fingerprint density at radius 1 is 1.43 bits per heavy atom. The molecule has 0 radical (unpaired) electrons. The molecule has 0 amide bonds. The van der Waals surface area contributed by atoms with E-state index in [1.165, 1.54) is 0 Å². The van der Waals surface area contributed by atoms with E-state index in [9.17, 15) is 4.39 Å². The van der Waals surface area contributed by atoms with Crippen LogP contribution in [-0.4, -0.2) is 13.3 Å². The van der Waals surface area contributed by atoms with Crippen LogP contribution in [-0.2, 0) is 6.54 Å². The van der Waals surface area contributed by atoms with E-state index >= 15 is 0 Å². The Hall–Kier alpha value is -1.09. The summed E-state index contributed by atoms with van der Waals surface area (Å²) in [5.74, 6) is 0.770. The summed E-state index contributed by atoms with van der Waals surface area (Å²) in [7, 11) is 0. The second-order valence-corrected chi connectivity index (χ2v) is 3.21. The maximum absolute atomic E-state index is 11.8. The van der Waals surface area contributed by atoms with Gasteiger partial charge in [0.25, 0.3) is 0 Å². The lowest BCUT2D eigenvalue weighted by atomic mass is 10.1. The monoisotopic (exact) mass is 197 g/mol. The van der Waals surface area contributed by atoms with E-state index in [4.69, 9.17) is 10.5 Å². The van der Waals surface area contributed by atoms with Crippen molar-refractivity contribution in [2.45, 2.75) is 19.9 Å². The summed E-state index contributed by atoms with van der Waals surface area (Å²) in [6, 6.07) is 5.84. The molecule has 0 unspecified atom stereocenters. The van der Waals surface area contributed by atoms with Crippen LogP contribution in [0.25, 0.3) is 0 Å². The first-order valence-corrected chi connectivity index (χ1v) is 4.76. The zero-order chi connectivity index (χ0) is 10.4. The molecule has 0 aliphatic heterocycles. The molecule has 0 aromatic heterocycles. The highest BCUT2D eigenvalue weighted by Gasteiger charge is 2.01. The Morgan fingerprint density at radius 3 is 2.86 bits per heavy atom. The highest BCUT2D eigenvalue weighted by molar-refractivity contribution is 5.36. The first-order chi connectivity index (χ1) is 6.77. The van der Waals surface area contributed by atoms with Crippen LogP contribution in [0.4, 0.5) is 4.39 Å². The average molecular weight is 197 g/mol. The third-order valence-corrected chi connectivity index (χ3v) is 1.97.